The quantitative estimate of drug-likeness (QED) is 0.804. The number of hydrogen-bond acceptors (Lipinski definition) is 5. The van der Waals surface area contributed by atoms with Crippen LogP contribution in [-0.4, -0.2) is 64.8 Å². The number of rotatable bonds is 3. The minimum atomic E-state index is -4.65. The number of likely N-dealkylation sites (tertiary alicyclic amines) is 1. The van der Waals surface area contributed by atoms with E-state index in [-0.39, 0.29) is 12.2 Å². The highest BCUT2D eigenvalue weighted by Gasteiger charge is 2.38. The molecule has 2 amide bonds. The van der Waals surface area contributed by atoms with E-state index in [2.05, 4.69) is 15.3 Å². The van der Waals surface area contributed by atoms with Crippen LogP contribution in [0.25, 0.3) is 0 Å². The van der Waals surface area contributed by atoms with E-state index in [4.69, 9.17) is 9.47 Å². The van der Waals surface area contributed by atoms with Crippen molar-refractivity contribution in [1.29, 1.82) is 0 Å². The molecule has 11 heteroatoms. The first kappa shape index (κ1) is 22.0. The molecule has 0 radical (unpaired) electrons. The Morgan fingerprint density at radius 3 is 2.43 bits per heavy atom. The molecule has 1 aromatic rings. The Morgan fingerprint density at radius 1 is 1.29 bits per heavy atom. The van der Waals surface area contributed by atoms with Gasteiger partial charge < -0.3 is 24.7 Å². The maximum absolute atomic E-state index is 12.9. The van der Waals surface area contributed by atoms with Crippen molar-refractivity contribution < 1.29 is 32.2 Å². The molecule has 158 valence electrons. The first-order chi connectivity index (χ1) is 12.8. The zero-order chi connectivity index (χ0) is 21.3. The number of H-pyrrole nitrogens is 1. The van der Waals surface area contributed by atoms with Gasteiger partial charge in [0.15, 0.2) is 11.5 Å². The van der Waals surface area contributed by atoms with E-state index in [1.807, 2.05) is 0 Å². The first-order valence-electron chi connectivity index (χ1n) is 8.77. The number of piperidine rings is 1. The highest BCUT2D eigenvalue weighted by atomic mass is 19.4. The normalized spacial score (nSPS) is 20.8. The Hall–Kier alpha value is -2.30. The topological polar surface area (TPSA) is 96.6 Å². The molecule has 2 N–H and O–H groups in total. The number of imidazole rings is 1. The standard InChI is InChI=1S/C17H25F3N4O4/c1-9-12(17(18,19)20)23-13(21-9)14(25)22-10-6-7-24(8-11(10)27-5)15(26)28-16(2,3)4/h10-11H,6-8H2,1-5H3,(H,21,23)(H,22,25)/t10-,11+/m1/s1. The molecule has 1 saturated heterocycles. The fourth-order valence-corrected chi connectivity index (χ4v) is 2.89. The predicted octanol–water partition coefficient (Wildman–Crippen LogP) is 2.49. The number of nitrogens with zero attached hydrogens (tertiary/aromatic N) is 2. The third kappa shape index (κ3) is 5.37. The van der Waals surface area contributed by atoms with Crippen molar-refractivity contribution in [3.8, 4) is 0 Å². The van der Waals surface area contributed by atoms with Crippen LogP contribution >= 0.6 is 0 Å². The third-order valence-electron chi connectivity index (χ3n) is 4.20. The zero-order valence-electron chi connectivity index (χ0n) is 16.4. The van der Waals surface area contributed by atoms with Gasteiger partial charge in [-0.3, -0.25) is 4.79 Å². The van der Waals surface area contributed by atoms with E-state index in [1.54, 1.807) is 20.8 Å². The number of aromatic nitrogens is 2. The molecular weight excluding hydrogens is 381 g/mol. The second-order valence-electron chi connectivity index (χ2n) is 7.63. The number of alkyl halides is 3. The number of nitrogens with one attached hydrogen (secondary N) is 2. The van der Waals surface area contributed by atoms with Gasteiger partial charge in [0.05, 0.1) is 18.7 Å². The summed E-state index contributed by atoms with van der Waals surface area (Å²) in [5, 5.41) is 2.63. The van der Waals surface area contributed by atoms with Crippen LogP contribution in [0.5, 0.6) is 0 Å². The van der Waals surface area contributed by atoms with E-state index in [9.17, 15) is 22.8 Å². The van der Waals surface area contributed by atoms with Crippen LogP contribution in [0.3, 0.4) is 0 Å². The zero-order valence-corrected chi connectivity index (χ0v) is 16.4. The maximum Gasteiger partial charge on any atom is 0.435 e. The lowest BCUT2D eigenvalue weighted by Gasteiger charge is -2.38. The van der Waals surface area contributed by atoms with Gasteiger partial charge in [-0.25, -0.2) is 9.78 Å². The average molecular weight is 406 g/mol. The van der Waals surface area contributed by atoms with Crippen molar-refractivity contribution >= 4 is 12.0 Å². The molecule has 0 aliphatic carbocycles. The van der Waals surface area contributed by atoms with Crippen molar-refractivity contribution in [2.75, 3.05) is 20.2 Å². The molecule has 1 fully saturated rings. The van der Waals surface area contributed by atoms with E-state index < -0.39 is 47.4 Å². The fraction of sp³-hybridized carbons (Fsp3) is 0.706. The van der Waals surface area contributed by atoms with Crippen LogP contribution in [0.2, 0.25) is 0 Å². The summed E-state index contributed by atoms with van der Waals surface area (Å²) in [6.45, 7) is 6.96. The molecule has 0 saturated carbocycles. The van der Waals surface area contributed by atoms with E-state index in [0.717, 1.165) is 0 Å². The molecule has 1 aliphatic heterocycles. The molecule has 0 spiro atoms. The highest BCUT2D eigenvalue weighted by molar-refractivity contribution is 5.91. The molecule has 2 heterocycles. The first-order valence-corrected chi connectivity index (χ1v) is 8.77. The van der Waals surface area contributed by atoms with Gasteiger partial charge >= 0.3 is 12.3 Å². The van der Waals surface area contributed by atoms with Crippen molar-refractivity contribution in [2.45, 2.75) is 58.0 Å². The second-order valence-corrected chi connectivity index (χ2v) is 7.63. The molecule has 1 aromatic heterocycles. The smallest absolute Gasteiger partial charge is 0.435 e. The maximum atomic E-state index is 12.9. The van der Waals surface area contributed by atoms with Crippen molar-refractivity contribution in [3.63, 3.8) is 0 Å². The minimum absolute atomic E-state index is 0.182. The molecular formula is C17H25F3N4O4. The number of halogens is 3. The Balaban J connectivity index is 2.03. The number of amides is 2. The van der Waals surface area contributed by atoms with Gasteiger partial charge in [0, 0.05) is 19.3 Å². The van der Waals surface area contributed by atoms with Gasteiger partial charge in [0.1, 0.15) is 5.60 Å². The van der Waals surface area contributed by atoms with Gasteiger partial charge in [-0.05, 0) is 34.1 Å². The predicted molar refractivity (Wildman–Crippen MR) is 92.8 cm³/mol. The largest absolute Gasteiger partial charge is 0.444 e. The molecule has 0 bridgehead atoms. The van der Waals surface area contributed by atoms with Gasteiger partial charge in [-0.2, -0.15) is 13.2 Å². The second kappa shape index (κ2) is 7.98. The minimum Gasteiger partial charge on any atom is -0.444 e. The summed E-state index contributed by atoms with van der Waals surface area (Å²) in [5.41, 5.74) is -2.00. The van der Waals surface area contributed by atoms with Crippen molar-refractivity contribution in [3.05, 3.63) is 17.2 Å². The third-order valence-corrected chi connectivity index (χ3v) is 4.20. The number of aryl methyl sites for hydroxylation is 1. The number of hydrogen-bond donors (Lipinski definition) is 2. The summed E-state index contributed by atoms with van der Waals surface area (Å²) >= 11 is 0. The number of aromatic amines is 1. The summed E-state index contributed by atoms with van der Waals surface area (Å²) < 4.78 is 49.2. The van der Waals surface area contributed by atoms with Crippen molar-refractivity contribution in [2.24, 2.45) is 0 Å². The van der Waals surface area contributed by atoms with Gasteiger partial charge in [0.2, 0.25) is 0 Å². The van der Waals surface area contributed by atoms with Crippen LogP contribution < -0.4 is 5.32 Å². The Bertz CT molecular complexity index is 727. The van der Waals surface area contributed by atoms with E-state index in [0.29, 0.717) is 13.0 Å². The lowest BCUT2D eigenvalue weighted by Crippen LogP contribution is -2.56. The average Bonchev–Trinajstić information content (AvgIpc) is 2.95. The lowest BCUT2D eigenvalue weighted by atomic mass is 10.0. The Kier molecular flexibility index (Phi) is 6.27. The van der Waals surface area contributed by atoms with Crippen LogP contribution in [0, 0.1) is 6.92 Å². The number of methoxy groups -OCH3 is 1. The van der Waals surface area contributed by atoms with Crippen LogP contribution in [-0.2, 0) is 15.7 Å². The molecule has 2 atom stereocenters. The number of carbonyl (C=O) groups is 2. The summed E-state index contributed by atoms with van der Waals surface area (Å²) in [7, 11) is 1.43. The Labute approximate surface area is 160 Å². The van der Waals surface area contributed by atoms with Gasteiger partial charge in [-0.1, -0.05) is 0 Å². The monoisotopic (exact) mass is 406 g/mol. The summed E-state index contributed by atoms with van der Waals surface area (Å²) in [6.07, 6.45) is -5.32. The molecule has 8 nitrogen and oxygen atoms in total. The summed E-state index contributed by atoms with van der Waals surface area (Å²) in [6, 6.07) is -0.490. The number of ether oxygens (including phenoxy) is 2. The summed E-state index contributed by atoms with van der Waals surface area (Å²) in [5.74, 6) is -1.19. The van der Waals surface area contributed by atoms with Crippen LogP contribution in [0.15, 0.2) is 0 Å². The lowest BCUT2D eigenvalue weighted by molar-refractivity contribution is -0.141. The fourth-order valence-electron chi connectivity index (χ4n) is 2.89. The molecule has 0 unspecified atom stereocenters. The van der Waals surface area contributed by atoms with Crippen LogP contribution in [0.4, 0.5) is 18.0 Å². The number of carbonyl (C=O) groups excluding carboxylic acids is 2. The Morgan fingerprint density at radius 2 is 1.93 bits per heavy atom. The summed E-state index contributed by atoms with van der Waals surface area (Å²) in [4.78, 5) is 31.7. The molecule has 28 heavy (non-hydrogen) atoms. The van der Waals surface area contributed by atoms with Gasteiger partial charge in [0.25, 0.3) is 5.91 Å². The SMILES string of the molecule is CO[C@H]1CN(C(=O)OC(C)(C)C)CC[C@H]1NC(=O)c1nc(C(F)(F)F)c(C)[nH]1. The van der Waals surface area contributed by atoms with E-state index in [1.165, 1.54) is 18.9 Å². The van der Waals surface area contributed by atoms with Crippen molar-refractivity contribution in [1.82, 2.24) is 20.2 Å². The van der Waals surface area contributed by atoms with E-state index >= 15 is 0 Å². The highest BCUT2D eigenvalue weighted by Crippen LogP contribution is 2.30. The molecule has 2 rings (SSSR count). The molecule has 0 aromatic carbocycles. The molecule has 1 aliphatic rings. The van der Waals surface area contributed by atoms with Gasteiger partial charge in [-0.15, -0.1) is 0 Å². The van der Waals surface area contributed by atoms with Crippen LogP contribution in [0.1, 0.15) is 49.2 Å².